The van der Waals surface area contributed by atoms with Crippen molar-refractivity contribution in [1.82, 2.24) is 24.6 Å². The molecule has 0 aliphatic carbocycles. The van der Waals surface area contributed by atoms with E-state index >= 15 is 4.39 Å². The fraction of sp³-hybridized carbons (Fsp3) is 0.458. The fourth-order valence-corrected chi connectivity index (χ4v) is 5.59. The number of nitrogens with one attached hydrogen (secondary N) is 2. The number of anilines is 1. The quantitative estimate of drug-likeness (QED) is 0.531. The molecule has 0 amide bonds. The lowest BCUT2D eigenvalue weighted by Crippen LogP contribution is -2.42. The van der Waals surface area contributed by atoms with Crippen LogP contribution < -0.4 is 10.6 Å². The molecule has 2 aliphatic rings. The second-order valence-corrected chi connectivity index (χ2v) is 11.0. The third-order valence-corrected chi connectivity index (χ3v) is 7.92. The van der Waals surface area contributed by atoms with Gasteiger partial charge in [-0.3, -0.25) is 4.98 Å². The average molecular weight is 501 g/mol. The highest BCUT2D eigenvalue weighted by Crippen LogP contribution is 2.33. The minimum atomic E-state index is -3.22. The third kappa shape index (κ3) is 5.43. The minimum absolute atomic E-state index is 0.0150. The van der Waals surface area contributed by atoms with Crippen LogP contribution in [0.15, 0.2) is 36.7 Å². The second-order valence-electron chi connectivity index (χ2n) is 9.03. The summed E-state index contributed by atoms with van der Waals surface area (Å²) in [6.45, 7) is 3.65. The Morgan fingerprint density at radius 1 is 1.20 bits per heavy atom. The number of ether oxygens (including phenoxy) is 1. The summed E-state index contributed by atoms with van der Waals surface area (Å²) < 4.78 is 46.0. The molecule has 186 valence electrons. The lowest BCUT2D eigenvalue weighted by molar-refractivity contribution is 0.0372. The molecule has 0 saturated carbocycles. The van der Waals surface area contributed by atoms with Crippen LogP contribution >= 0.6 is 0 Å². The van der Waals surface area contributed by atoms with Crippen LogP contribution in [0.1, 0.15) is 24.3 Å². The molecule has 2 fully saturated rings. The van der Waals surface area contributed by atoms with Crippen LogP contribution in [-0.4, -0.2) is 79.4 Å². The molecule has 0 spiro atoms. The van der Waals surface area contributed by atoms with E-state index < -0.39 is 10.0 Å². The number of nitrogens with zero attached hydrogens (tertiary/aromatic N) is 4. The Labute approximate surface area is 204 Å². The Morgan fingerprint density at radius 2 is 2.00 bits per heavy atom. The van der Waals surface area contributed by atoms with Crippen LogP contribution in [0.25, 0.3) is 22.3 Å². The van der Waals surface area contributed by atoms with Crippen molar-refractivity contribution < 1.29 is 17.5 Å². The fourth-order valence-electron chi connectivity index (χ4n) is 4.72. The SMILES string of the molecule is CS(=O)(=O)N1CCC(c2ccc(-c3cc4nccnc4c(NC[C@@H]4CNCCO4)n3)cc2F)CC1. The molecule has 3 aromatic rings. The highest BCUT2D eigenvalue weighted by molar-refractivity contribution is 7.88. The number of morpholine rings is 1. The Kier molecular flexibility index (Phi) is 6.92. The van der Waals surface area contributed by atoms with E-state index in [0.717, 1.165) is 13.1 Å². The van der Waals surface area contributed by atoms with Crippen molar-refractivity contribution in [2.75, 3.05) is 50.9 Å². The van der Waals surface area contributed by atoms with Gasteiger partial charge in [0.25, 0.3) is 0 Å². The van der Waals surface area contributed by atoms with Gasteiger partial charge in [-0.2, -0.15) is 0 Å². The van der Waals surface area contributed by atoms with Gasteiger partial charge in [0.05, 0.1) is 30.2 Å². The third-order valence-electron chi connectivity index (χ3n) is 6.62. The van der Waals surface area contributed by atoms with Crippen LogP contribution in [0.4, 0.5) is 10.2 Å². The molecule has 2 saturated heterocycles. The summed E-state index contributed by atoms with van der Waals surface area (Å²) in [7, 11) is -3.22. The molecule has 0 unspecified atom stereocenters. The van der Waals surface area contributed by atoms with Gasteiger partial charge in [-0.15, -0.1) is 0 Å². The summed E-state index contributed by atoms with van der Waals surface area (Å²) in [5.41, 5.74) is 3.17. The summed E-state index contributed by atoms with van der Waals surface area (Å²) in [6, 6.07) is 6.97. The van der Waals surface area contributed by atoms with Crippen molar-refractivity contribution in [2.45, 2.75) is 24.9 Å². The van der Waals surface area contributed by atoms with E-state index in [0.29, 0.717) is 72.8 Å². The van der Waals surface area contributed by atoms with Crippen LogP contribution in [0.3, 0.4) is 0 Å². The highest BCUT2D eigenvalue weighted by Gasteiger charge is 2.27. The molecular weight excluding hydrogens is 471 g/mol. The molecule has 2 aromatic heterocycles. The molecule has 2 aliphatic heterocycles. The van der Waals surface area contributed by atoms with Crippen molar-refractivity contribution >= 4 is 26.9 Å². The maximum Gasteiger partial charge on any atom is 0.211 e. The maximum atomic E-state index is 15.2. The molecule has 0 bridgehead atoms. The smallest absolute Gasteiger partial charge is 0.211 e. The molecule has 1 atom stereocenters. The second kappa shape index (κ2) is 10.1. The van der Waals surface area contributed by atoms with Crippen molar-refractivity contribution in [3.8, 4) is 11.3 Å². The van der Waals surface area contributed by atoms with Gasteiger partial charge in [0.1, 0.15) is 11.3 Å². The van der Waals surface area contributed by atoms with E-state index in [1.54, 1.807) is 18.5 Å². The van der Waals surface area contributed by atoms with Crippen molar-refractivity contribution in [3.63, 3.8) is 0 Å². The Hall–Kier alpha value is -2.73. The van der Waals surface area contributed by atoms with Crippen LogP contribution in [0.5, 0.6) is 0 Å². The topological polar surface area (TPSA) is 109 Å². The largest absolute Gasteiger partial charge is 0.374 e. The monoisotopic (exact) mass is 500 g/mol. The number of hydrogen-bond donors (Lipinski definition) is 2. The molecule has 9 nitrogen and oxygen atoms in total. The van der Waals surface area contributed by atoms with Gasteiger partial charge >= 0.3 is 0 Å². The average Bonchev–Trinajstić information content (AvgIpc) is 2.87. The van der Waals surface area contributed by atoms with Crippen molar-refractivity contribution in [3.05, 3.63) is 48.0 Å². The van der Waals surface area contributed by atoms with E-state index in [9.17, 15) is 8.42 Å². The van der Waals surface area contributed by atoms with Crippen LogP contribution in [0, 0.1) is 5.82 Å². The molecular formula is C24H29FN6O3S. The van der Waals surface area contributed by atoms with Gasteiger partial charge in [0.2, 0.25) is 10.0 Å². The lowest BCUT2D eigenvalue weighted by Gasteiger charge is -2.30. The number of sulfonamides is 1. The van der Waals surface area contributed by atoms with Gasteiger partial charge in [0.15, 0.2) is 5.82 Å². The molecule has 4 heterocycles. The summed E-state index contributed by atoms with van der Waals surface area (Å²) in [5.74, 6) is 0.258. The molecule has 11 heteroatoms. The zero-order valence-corrected chi connectivity index (χ0v) is 20.4. The maximum absolute atomic E-state index is 15.2. The highest BCUT2D eigenvalue weighted by atomic mass is 32.2. The number of benzene rings is 1. The predicted molar refractivity (Wildman–Crippen MR) is 132 cm³/mol. The standard InChI is InChI=1S/C24H29FN6O3S/c1-35(32,33)31-9-4-16(5-10-31)19-3-2-17(12-20(19)25)21-13-22-23(28-7-6-27-22)24(30-21)29-15-18-14-26-8-11-34-18/h2-3,6-7,12-13,16,18,26H,4-5,8-11,14-15H2,1H3,(H,29,30)/t18-/m0/s1. The van der Waals surface area contributed by atoms with Crippen molar-refractivity contribution in [1.29, 1.82) is 0 Å². The number of fused-ring (bicyclic) bond motifs is 1. The predicted octanol–water partition coefficient (Wildman–Crippen LogP) is 2.37. The molecule has 2 N–H and O–H groups in total. The molecule has 1 aromatic carbocycles. The number of aromatic nitrogens is 3. The number of hydrogen-bond acceptors (Lipinski definition) is 8. The van der Waals surface area contributed by atoms with E-state index in [-0.39, 0.29) is 17.8 Å². The zero-order valence-electron chi connectivity index (χ0n) is 19.6. The van der Waals surface area contributed by atoms with Gasteiger partial charge in [-0.1, -0.05) is 12.1 Å². The summed E-state index contributed by atoms with van der Waals surface area (Å²) in [6.07, 6.45) is 5.67. The summed E-state index contributed by atoms with van der Waals surface area (Å²) in [4.78, 5) is 13.6. The summed E-state index contributed by atoms with van der Waals surface area (Å²) >= 11 is 0. The van der Waals surface area contributed by atoms with Gasteiger partial charge in [-0.25, -0.2) is 27.1 Å². The lowest BCUT2D eigenvalue weighted by atomic mass is 9.89. The molecule has 0 radical (unpaired) electrons. The molecule has 5 rings (SSSR count). The van der Waals surface area contributed by atoms with Crippen LogP contribution in [-0.2, 0) is 14.8 Å². The first kappa shape index (κ1) is 24.0. The van der Waals surface area contributed by atoms with Gasteiger partial charge in [-0.05, 0) is 36.5 Å². The number of rotatable bonds is 6. The Bertz CT molecular complexity index is 1310. The van der Waals surface area contributed by atoms with Crippen molar-refractivity contribution in [2.24, 2.45) is 0 Å². The van der Waals surface area contributed by atoms with Gasteiger partial charge < -0.3 is 15.4 Å². The number of pyridine rings is 1. The minimum Gasteiger partial charge on any atom is -0.374 e. The van der Waals surface area contributed by atoms with Gasteiger partial charge in [0, 0.05) is 50.7 Å². The number of halogens is 1. The number of piperidine rings is 1. The Morgan fingerprint density at radius 3 is 2.71 bits per heavy atom. The Balaban J connectivity index is 1.38. The van der Waals surface area contributed by atoms with E-state index in [1.807, 2.05) is 12.1 Å². The summed E-state index contributed by atoms with van der Waals surface area (Å²) in [5, 5.41) is 6.64. The first-order chi connectivity index (χ1) is 16.9. The zero-order chi connectivity index (χ0) is 24.4. The first-order valence-electron chi connectivity index (χ1n) is 11.8. The molecule has 35 heavy (non-hydrogen) atoms. The van der Waals surface area contributed by atoms with E-state index in [1.165, 1.54) is 16.6 Å². The van der Waals surface area contributed by atoms with E-state index in [2.05, 4.69) is 20.6 Å². The normalized spacial score (nSPS) is 20.2. The van der Waals surface area contributed by atoms with E-state index in [4.69, 9.17) is 9.72 Å². The first-order valence-corrected chi connectivity index (χ1v) is 13.7. The van der Waals surface area contributed by atoms with Crippen LogP contribution in [0.2, 0.25) is 0 Å².